The van der Waals surface area contributed by atoms with Crippen molar-refractivity contribution in [2.45, 2.75) is 46.2 Å². The number of likely N-dealkylation sites (tertiary alicyclic amines) is 1. The molecule has 0 unspecified atom stereocenters. The lowest BCUT2D eigenvalue weighted by Gasteiger charge is -2.30. The van der Waals surface area contributed by atoms with Gasteiger partial charge in [-0.1, -0.05) is 19.1 Å². The molecule has 174 valence electrons. The van der Waals surface area contributed by atoms with Gasteiger partial charge in [-0.05, 0) is 81.2 Å². The molecule has 2 N–H and O–H groups in total. The molecule has 7 heteroatoms. The number of aromatic amines is 1. The minimum atomic E-state index is -0.359. The molecule has 3 aromatic rings. The van der Waals surface area contributed by atoms with Crippen LogP contribution in [0.5, 0.6) is 0 Å². The molecular formula is C26H31FN4O2. The fourth-order valence-electron chi connectivity index (χ4n) is 4.67. The Balaban J connectivity index is 1.64. The van der Waals surface area contributed by atoms with Crippen molar-refractivity contribution in [3.05, 3.63) is 75.3 Å². The molecule has 2 aromatic carbocycles. The maximum Gasteiger partial charge on any atom is 0.322 e. The number of hydrogen-bond donors (Lipinski definition) is 2. The number of amides is 2. The third-order valence-electron chi connectivity index (χ3n) is 6.60. The van der Waals surface area contributed by atoms with Gasteiger partial charge in [0.15, 0.2) is 0 Å². The summed E-state index contributed by atoms with van der Waals surface area (Å²) in [4.78, 5) is 33.3. The molecule has 6 nitrogen and oxygen atoms in total. The maximum absolute atomic E-state index is 13.3. The Morgan fingerprint density at radius 1 is 1.18 bits per heavy atom. The van der Waals surface area contributed by atoms with Crippen LogP contribution in [0.2, 0.25) is 0 Å². The normalized spacial score (nSPS) is 16.3. The minimum absolute atomic E-state index is 0.186. The van der Waals surface area contributed by atoms with Gasteiger partial charge in [0.05, 0.1) is 12.1 Å². The predicted octanol–water partition coefficient (Wildman–Crippen LogP) is 4.80. The summed E-state index contributed by atoms with van der Waals surface area (Å²) in [7, 11) is 0. The average molecular weight is 451 g/mol. The lowest BCUT2D eigenvalue weighted by molar-refractivity contribution is 0.174. The van der Waals surface area contributed by atoms with Gasteiger partial charge in [0.25, 0.3) is 5.56 Å². The van der Waals surface area contributed by atoms with Crippen molar-refractivity contribution in [3.8, 4) is 0 Å². The minimum Gasteiger partial charge on any atom is -0.321 e. The van der Waals surface area contributed by atoms with Crippen LogP contribution >= 0.6 is 0 Å². The van der Waals surface area contributed by atoms with Gasteiger partial charge in [-0.15, -0.1) is 0 Å². The number of aromatic nitrogens is 1. The summed E-state index contributed by atoms with van der Waals surface area (Å²) >= 11 is 0. The van der Waals surface area contributed by atoms with Gasteiger partial charge >= 0.3 is 6.03 Å². The standard InChI is InChI=1S/C26H31FN4O2/c1-4-30-13-5-6-22(30)16-31(26(33)28-21-11-9-20(27)10-12-21)15-19-14-23-17(2)7-8-18(3)24(23)29-25(19)32/h7-12,14,22H,4-6,13,15-16H2,1-3H3,(H,28,33)(H,29,32)/t22-/m0/s1. The van der Waals surface area contributed by atoms with Gasteiger partial charge in [-0.3, -0.25) is 9.69 Å². The number of H-pyrrole nitrogens is 1. The Morgan fingerprint density at radius 2 is 1.91 bits per heavy atom. The number of anilines is 1. The molecule has 33 heavy (non-hydrogen) atoms. The summed E-state index contributed by atoms with van der Waals surface area (Å²) in [6.07, 6.45) is 2.11. The van der Waals surface area contributed by atoms with E-state index in [9.17, 15) is 14.0 Å². The number of rotatable bonds is 6. The van der Waals surface area contributed by atoms with E-state index in [1.165, 1.54) is 24.3 Å². The quantitative estimate of drug-likeness (QED) is 0.567. The summed E-state index contributed by atoms with van der Waals surface area (Å²) in [5, 5.41) is 3.85. The topological polar surface area (TPSA) is 68.4 Å². The number of aryl methyl sites for hydroxylation is 2. The molecule has 1 aliphatic heterocycles. The molecule has 0 radical (unpaired) electrons. The first kappa shape index (κ1) is 23.0. The zero-order valence-electron chi connectivity index (χ0n) is 19.5. The molecule has 1 fully saturated rings. The van der Waals surface area contributed by atoms with E-state index in [0.717, 1.165) is 48.0 Å². The van der Waals surface area contributed by atoms with Gasteiger partial charge in [0.1, 0.15) is 5.82 Å². The second kappa shape index (κ2) is 9.75. The third-order valence-corrected chi connectivity index (χ3v) is 6.60. The highest BCUT2D eigenvalue weighted by molar-refractivity contribution is 5.89. The van der Waals surface area contributed by atoms with Gasteiger partial charge in [0.2, 0.25) is 0 Å². The summed E-state index contributed by atoms with van der Waals surface area (Å²) in [6, 6.07) is 11.6. The van der Waals surface area contributed by atoms with Gasteiger partial charge < -0.3 is 15.2 Å². The van der Waals surface area contributed by atoms with Gasteiger partial charge in [0, 0.05) is 29.2 Å². The van der Waals surface area contributed by atoms with Crippen molar-refractivity contribution in [2.75, 3.05) is 25.0 Å². The van der Waals surface area contributed by atoms with Crippen LogP contribution in [0.15, 0.2) is 47.3 Å². The number of carbonyl (C=O) groups excluding carboxylic acids is 1. The first-order chi connectivity index (χ1) is 15.9. The predicted molar refractivity (Wildman–Crippen MR) is 130 cm³/mol. The zero-order chi connectivity index (χ0) is 23.5. The molecule has 1 aliphatic rings. The number of pyridine rings is 1. The van der Waals surface area contributed by atoms with E-state index in [4.69, 9.17) is 0 Å². The highest BCUT2D eigenvalue weighted by Gasteiger charge is 2.28. The summed E-state index contributed by atoms with van der Waals surface area (Å²) in [5.41, 5.74) is 3.79. The Bertz CT molecular complexity index is 1210. The first-order valence-electron chi connectivity index (χ1n) is 11.5. The number of likely N-dealkylation sites (N-methyl/N-ethyl adjacent to an activating group) is 1. The van der Waals surface area contributed by atoms with Crippen LogP contribution in [-0.4, -0.2) is 46.5 Å². The van der Waals surface area contributed by atoms with Crippen LogP contribution in [0.25, 0.3) is 10.9 Å². The fraction of sp³-hybridized carbons (Fsp3) is 0.385. The van der Waals surface area contributed by atoms with E-state index < -0.39 is 0 Å². The molecule has 0 aliphatic carbocycles. The Labute approximate surface area is 193 Å². The molecule has 1 aromatic heterocycles. The largest absolute Gasteiger partial charge is 0.322 e. The van der Waals surface area contributed by atoms with Crippen molar-refractivity contribution in [2.24, 2.45) is 0 Å². The van der Waals surface area contributed by atoms with Gasteiger partial charge in [-0.25, -0.2) is 9.18 Å². The molecule has 1 saturated heterocycles. The van der Waals surface area contributed by atoms with E-state index in [2.05, 4.69) is 22.1 Å². The van der Waals surface area contributed by atoms with E-state index in [1.807, 2.05) is 32.0 Å². The Kier molecular flexibility index (Phi) is 6.79. The molecule has 4 rings (SSSR count). The molecule has 0 saturated carbocycles. The Morgan fingerprint density at radius 3 is 2.64 bits per heavy atom. The average Bonchev–Trinajstić information content (AvgIpc) is 3.25. The van der Waals surface area contributed by atoms with Crippen molar-refractivity contribution in [1.29, 1.82) is 0 Å². The summed E-state index contributed by atoms with van der Waals surface area (Å²) in [5.74, 6) is -0.359. The summed E-state index contributed by atoms with van der Waals surface area (Å²) < 4.78 is 13.3. The maximum atomic E-state index is 13.3. The number of benzene rings is 2. The monoisotopic (exact) mass is 450 g/mol. The number of nitrogens with zero attached hydrogens (tertiary/aromatic N) is 2. The van der Waals surface area contributed by atoms with Crippen LogP contribution in [0.4, 0.5) is 14.9 Å². The van der Waals surface area contributed by atoms with Crippen LogP contribution in [0.1, 0.15) is 36.5 Å². The fourth-order valence-corrected chi connectivity index (χ4v) is 4.67. The highest BCUT2D eigenvalue weighted by Crippen LogP contribution is 2.22. The van der Waals surface area contributed by atoms with Crippen LogP contribution in [0.3, 0.4) is 0 Å². The number of hydrogen-bond acceptors (Lipinski definition) is 3. The third kappa shape index (κ3) is 5.09. The van der Waals surface area contributed by atoms with Crippen LogP contribution in [-0.2, 0) is 6.54 Å². The molecule has 0 bridgehead atoms. The SMILES string of the molecule is CCN1CCC[C@H]1CN(Cc1cc2c(C)ccc(C)c2[nH]c1=O)C(=O)Nc1ccc(F)cc1. The van der Waals surface area contributed by atoms with Crippen molar-refractivity contribution in [1.82, 2.24) is 14.8 Å². The zero-order valence-corrected chi connectivity index (χ0v) is 19.5. The first-order valence-corrected chi connectivity index (χ1v) is 11.5. The van der Waals surface area contributed by atoms with E-state index >= 15 is 0 Å². The Hall–Kier alpha value is -3.19. The highest BCUT2D eigenvalue weighted by atomic mass is 19.1. The summed E-state index contributed by atoms with van der Waals surface area (Å²) in [6.45, 7) is 8.77. The molecule has 2 heterocycles. The molecule has 0 spiro atoms. The smallest absolute Gasteiger partial charge is 0.321 e. The van der Waals surface area contributed by atoms with Crippen molar-refractivity contribution in [3.63, 3.8) is 0 Å². The lowest BCUT2D eigenvalue weighted by atomic mass is 10.0. The second-order valence-corrected chi connectivity index (χ2v) is 8.85. The van der Waals surface area contributed by atoms with Crippen LogP contribution < -0.4 is 10.9 Å². The van der Waals surface area contributed by atoms with Crippen molar-refractivity contribution < 1.29 is 9.18 Å². The van der Waals surface area contributed by atoms with Crippen LogP contribution in [0, 0.1) is 19.7 Å². The number of urea groups is 1. The molecular weight excluding hydrogens is 419 g/mol. The number of fused-ring (bicyclic) bond motifs is 1. The van der Waals surface area contributed by atoms with Gasteiger partial charge in [-0.2, -0.15) is 0 Å². The van der Waals surface area contributed by atoms with E-state index in [0.29, 0.717) is 17.8 Å². The van der Waals surface area contributed by atoms with E-state index in [-0.39, 0.29) is 30.0 Å². The number of carbonyl (C=O) groups is 1. The lowest BCUT2D eigenvalue weighted by Crippen LogP contribution is -2.45. The number of nitrogens with one attached hydrogen (secondary N) is 2. The second-order valence-electron chi connectivity index (χ2n) is 8.85. The molecule has 2 amide bonds. The van der Waals surface area contributed by atoms with E-state index in [1.54, 1.807) is 4.90 Å². The number of halogens is 1. The van der Waals surface area contributed by atoms with Crippen molar-refractivity contribution >= 4 is 22.6 Å². The molecule has 1 atom stereocenters.